The minimum Gasteiger partial charge on any atom is -0.282 e. The molecule has 1 aromatic carbocycles. The average molecular weight is 420 g/mol. The number of carbonyl (C=O) groups excluding carboxylic acids is 1. The molecule has 4 nitrogen and oxygen atoms in total. The van der Waals surface area contributed by atoms with E-state index in [1.54, 1.807) is 17.2 Å². The maximum absolute atomic E-state index is 12.8. The molecule has 2 heterocycles. The van der Waals surface area contributed by atoms with Crippen molar-refractivity contribution >= 4 is 60.8 Å². The highest BCUT2D eigenvalue weighted by Gasteiger charge is 2.34. The van der Waals surface area contributed by atoms with Gasteiger partial charge in [-0.05, 0) is 42.0 Å². The summed E-state index contributed by atoms with van der Waals surface area (Å²) in [6.45, 7) is 6.12. The highest BCUT2D eigenvalue weighted by Crippen LogP contribution is 2.38. The number of carbonyl (C=O) groups is 1. The highest BCUT2D eigenvalue weighted by atomic mass is 79.9. The Morgan fingerprint density at radius 2 is 2.17 bits per heavy atom. The molecule has 24 heavy (non-hydrogen) atoms. The Hall–Kier alpha value is -1.70. The number of thiazole rings is 1. The summed E-state index contributed by atoms with van der Waals surface area (Å²) >= 11 is 6.26. The van der Waals surface area contributed by atoms with Gasteiger partial charge in [-0.25, -0.2) is 4.98 Å². The second-order valence-electron chi connectivity index (χ2n) is 4.98. The molecule has 1 amide bonds. The maximum atomic E-state index is 12.8. The number of halogens is 1. The third kappa shape index (κ3) is 3.53. The molecule has 2 aromatic rings. The van der Waals surface area contributed by atoms with Crippen molar-refractivity contribution in [2.45, 2.75) is 6.92 Å². The van der Waals surface area contributed by atoms with E-state index in [4.69, 9.17) is 0 Å². The van der Waals surface area contributed by atoms with Gasteiger partial charge in [0.15, 0.2) is 5.17 Å². The molecule has 122 valence electrons. The van der Waals surface area contributed by atoms with Gasteiger partial charge in [-0.1, -0.05) is 34.1 Å². The number of allylic oxidation sites excluding steroid dienone is 1. The van der Waals surface area contributed by atoms with Crippen LogP contribution in [0.15, 0.2) is 62.9 Å². The lowest BCUT2D eigenvalue weighted by Gasteiger charge is -2.12. The lowest BCUT2D eigenvalue weighted by atomic mass is 10.1. The Morgan fingerprint density at radius 1 is 1.42 bits per heavy atom. The van der Waals surface area contributed by atoms with Gasteiger partial charge in [-0.3, -0.25) is 9.69 Å². The second kappa shape index (κ2) is 7.46. The molecule has 0 spiro atoms. The molecular formula is C17H14BrN3OS2. The smallest absolute Gasteiger partial charge is 0.267 e. The first-order valence-electron chi connectivity index (χ1n) is 7.15. The van der Waals surface area contributed by atoms with Crippen LogP contribution in [0.2, 0.25) is 0 Å². The fraction of sp³-hybridized carbons (Fsp3) is 0.118. The van der Waals surface area contributed by atoms with Crippen LogP contribution in [0.1, 0.15) is 12.5 Å². The molecule has 0 N–H and O–H groups in total. The summed E-state index contributed by atoms with van der Waals surface area (Å²) in [5.74, 6) is -0.0457. The minimum atomic E-state index is -0.0457. The summed E-state index contributed by atoms with van der Waals surface area (Å²) in [6, 6.07) is 7.92. The van der Waals surface area contributed by atoms with Gasteiger partial charge in [0.25, 0.3) is 5.91 Å². The quantitative estimate of drug-likeness (QED) is 0.512. The van der Waals surface area contributed by atoms with Gasteiger partial charge in [-0.15, -0.1) is 17.9 Å². The molecule has 1 fully saturated rings. The van der Waals surface area contributed by atoms with Gasteiger partial charge in [0.1, 0.15) is 0 Å². The van der Waals surface area contributed by atoms with E-state index in [1.807, 2.05) is 36.6 Å². The van der Waals surface area contributed by atoms with Crippen molar-refractivity contribution in [1.82, 2.24) is 9.88 Å². The normalized spacial score (nSPS) is 18.3. The zero-order chi connectivity index (χ0) is 17.1. The summed E-state index contributed by atoms with van der Waals surface area (Å²) in [6.07, 6.45) is 3.40. The molecule has 0 atom stereocenters. The number of thioether (sulfide) groups is 1. The molecule has 1 saturated heterocycles. The molecule has 1 aromatic heterocycles. The Labute approximate surface area is 157 Å². The number of nitrogens with zero attached hydrogens (tertiary/aromatic N) is 3. The van der Waals surface area contributed by atoms with Crippen LogP contribution in [0, 0.1) is 0 Å². The summed E-state index contributed by atoms with van der Waals surface area (Å²) in [5, 5.41) is 3.14. The van der Waals surface area contributed by atoms with E-state index in [-0.39, 0.29) is 5.91 Å². The molecular weight excluding hydrogens is 406 g/mol. The summed E-state index contributed by atoms with van der Waals surface area (Å²) in [7, 11) is 0. The Balaban J connectivity index is 2.00. The van der Waals surface area contributed by atoms with Gasteiger partial charge in [-0.2, -0.15) is 4.99 Å². The Morgan fingerprint density at radius 3 is 2.79 bits per heavy atom. The number of aliphatic imine (C=N–C) groups is 1. The number of rotatable bonds is 4. The molecule has 0 radical (unpaired) electrons. The van der Waals surface area contributed by atoms with E-state index in [2.05, 4.69) is 32.5 Å². The summed E-state index contributed by atoms with van der Waals surface area (Å²) in [5.41, 5.74) is 1.96. The van der Waals surface area contributed by atoms with E-state index in [0.717, 1.165) is 15.6 Å². The van der Waals surface area contributed by atoms with Crippen LogP contribution in [-0.2, 0) is 4.79 Å². The van der Waals surface area contributed by atoms with Gasteiger partial charge >= 0.3 is 0 Å². The SMILES string of the molecule is C=CCN1C(=O)/C(=C(\C)c2ccc(Br)cc2)S/C1=N/c1nccs1. The number of hydrogen-bond donors (Lipinski definition) is 0. The maximum Gasteiger partial charge on any atom is 0.267 e. The van der Waals surface area contributed by atoms with Crippen molar-refractivity contribution in [2.24, 2.45) is 4.99 Å². The van der Waals surface area contributed by atoms with Crippen LogP contribution >= 0.6 is 39.0 Å². The van der Waals surface area contributed by atoms with Crippen molar-refractivity contribution in [1.29, 1.82) is 0 Å². The van der Waals surface area contributed by atoms with Gasteiger partial charge in [0, 0.05) is 22.6 Å². The Kier molecular flexibility index (Phi) is 5.33. The molecule has 0 bridgehead atoms. The van der Waals surface area contributed by atoms with Crippen LogP contribution < -0.4 is 0 Å². The first-order chi connectivity index (χ1) is 11.6. The third-order valence-electron chi connectivity index (χ3n) is 3.40. The van der Waals surface area contributed by atoms with E-state index in [0.29, 0.717) is 21.7 Å². The molecule has 0 unspecified atom stereocenters. The number of hydrogen-bond acceptors (Lipinski definition) is 5. The van der Waals surface area contributed by atoms with Crippen LogP contribution in [0.5, 0.6) is 0 Å². The summed E-state index contributed by atoms with van der Waals surface area (Å²) in [4.78, 5) is 23.8. The minimum absolute atomic E-state index is 0.0457. The first-order valence-corrected chi connectivity index (χ1v) is 9.64. The zero-order valence-electron chi connectivity index (χ0n) is 12.9. The van der Waals surface area contributed by atoms with Crippen molar-refractivity contribution in [3.05, 3.63) is 63.4 Å². The fourth-order valence-electron chi connectivity index (χ4n) is 2.19. The molecule has 0 aliphatic carbocycles. The van der Waals surface area contributed by atoms with Crippen LogP contribution in [-0.4, -0.2) is 27.5 Å². The number of benzene rings is 1. The van der Waals surface area contributed by atoms with Crippen LogP contribution in [0.4, 0.5) is 5.13 Å². The van der Waals surface area contributed by atoms with E-state index in [9.17, 15) is 4.79 Å². The van der Waals surface area contributed by atoms with Gasteiger partial charge in [0.05, 0.1) is 4.91 Å². The molecule has 0 saturated carbocycles. The monoisotopic (exact) mass is 419 g/mol. The van der Waals surface area contributed by atoms with Crippen LogP contribution in [0.3, 0.4) is 0 Å². The molecule has 1 aliphatic rings. The zero-order valence-corrected chi connectivity index (χ0v) is 16.1. The summed E-state index contributed by atoms with van der Waals surface area (Å²) < 4.78 is 1.01. The lowest BCUT2D eigenvalue weighted by molar-refractivity contribution is -0.121. The van der Waals surface area contributed by atoms with Gasteiger partial charge < -0.3 is 0 Å². The van der Waals surface area contributed by atoms with Crippen molar-refractivity contribution in [2.75, 3.05) is 6.54 Å². The van der Waals surface area contributed by atoms with E-state index < -0.39 is 0 Å². The number of amidine groups is 1. The molecule has 7 heteroatoms. The van der Waals surface area contributed by atoms with E-state index >= 15 is 0 Å². The average Bonchev–Trinajstić information content (AvgIpc) is 3.19. The predicted molar refractivity (Wildman–Crippen MR) is 105 cm³/mol. The van der Waals surface area contributed by atoms with Gasteiger partial charge in [0.2, 0.25) is 5.13 Å². The second-order valence-corrected chi connectivity index (χ2v) is 7.74. The molecule has 1 aliphatic heterocycles. The Bertz CT molecular complexity index is 826. The highest BCUT2D eigenvalue weighted by molar-refractivity contribution is 9.10. The topological polar surface area (TPSA) is 45.6 Å². The van der Waals surface area contributed by atoms with Crippen molar-refractivity contribution in [3.63, 3.8) is 0 Å². The van der Waals surface area contributed by atoms with Crippen LogP contribution in [0.25, 0.3) is 5.57 Å². The largest absolute Gasteiger partial charge is 0.282 e. The lowest BCUT2D eigenvalue weighted by Crippen LogP contribution is -2.29. The fourth-order valence-corrected chi connectivity index (χ4v) is 4.07. The predicted octanol–water partition coefficient (Wildman–Crippen LogP) is 5.09. The van der Waals surface area contributed by atoms with E-state index in [1.165, 1.54) is 23.1 Å². The third-order valence-corrected chi connectivity index (χ3v) is 5.78. The number of amides is 1. The van der Waals surface area contributed by atoms with Crippen molar-refractivity contribution in [3.8, 4) is 0 Å². The standard InChI is InChI=1S/C17H14BrN3OS2/c1-3-9-21-15(22)14(11(2)12-4-6-13(18)7-5-12)24-17(21)20-16-19-8-10-23-16/h3-8,10H,1,9H2,2H3/b14-11-,20-17+. The first kappa shape index (κ1) is 17.1. The molecule has 3 rings (SSSR count). The van der Waals surface area contributed by atoms with Crippen molar-refractivity contribution < 1.29 is 4.79 Å². The number of aromatic nitrogens is 1.